The summed E-state index contributed by atoms with van der Waals surface area (Å²) in [5, 5.41) is 17.8. The molecule has 1 aromatic carbocycles. The van der Waals surface area contributed by atoms with Crippen molar-refractivity contribution in [2.24, 2.45) is 0 Å². The second-order valence-electron chi connectivity index (χ2n) is 6.76. The Bertz CT molecular complexity index is 745. The number of hydrogen-bond donors (Lipinski definition) is 2. The topological polar surface area (TPSA) is 88.0 Å². The van der Waals surface area contributed by atoms with Gasteiger partial charge in [-0.15, -0.1) is 5.10 Å². The quantitative estimate of drug-likeness (QED) is 0.646. The monoisotopic (exact) mass is 375 g/mol. The zero-order valence-electron chi connectivity index (χ0n) is 15.6. The molecule has 8 nitrogen and oxygen atoms in total. The van der Waals surface area contributed by atoms with Crippen molar-refractivity contribution in [2.45, 2.75) is 25.8 Å². The molecule has 27 heavy (non-hydrogen) atoms. The second kappa shape index (κ2) is 9.52. The van der Waals surface area contributed by atoms with E-state index in [9.17, 15) is 9.18 Å². The number of amides is 1. The lowest BCUT2D eigenvalue weighted by atomic mass is 10.0. The van der Waals surface area contributed by atoms with Gasteiger partial charge in [0, 0.05) is 39.1 Å². The number of halogens is 1. The summed E-state index contributed by atoms with van der Waals surface area (Å²) in [4.78, 5) is 15.2. The lowest BCUT2D eigenvalue weighted by molar-refractivity contribution is -0.124. The van der Waals surface area contributed by atoms with Crippen molar-refractivity contribution >= 4 is 5.91 Å². The summed E-state index contributed by atoms with van der Waals surface area (Å²) in [6.45, 7) is 7.40. The van der Waals surface area contributed by atoms with Crippen LogP contribution in [0.25, 0.3) is 0 Å². The number of nitrogens with one attached hydrogen (secondary N) is 2. The van der Waals surface area contributed by atoms with E-state index in [0.29, 0.717) is 18.8 Å². The van der Waals surface area contributed by atoms with E-state index in [1.165, 1.54) is 16.8 Å². The zero-order valence-corrected chi connectivity index (χ0v) is 15.6. The van der Waals surface area contributed by atoms with Crippen LogP contribution in [0.4, 0.5) is 4.39 Å². The maximum atomic E-state index is 13.5. The highest BCUT2D eigenvalue weighted by Gasteiger charge is 2.24. The molecular weight excluding hydrogens is 349 g/mol. The Hall–Kier alpha value is -2.39. The Morgan fingerprint density at radius 3 is 2.89 bits per heavy atom. The van der Waals surface area contributed by atoms with Gasteiger partial charge in [-0.3, -0.25) is 4.79 Å². The van der Waals surface area contributed by atoms with Gasteiger partial charge in [0.05, 0.1) is 0 Å². The smallest absolute Gasteiger partial charge is 0.245 e. The molecule has 1 aliphatic heterocycles. The first-order valence-corrected chi connectivity index (χ1v) is 9.33. The highest BCUT2D eigenvalue weighted by molar-refractivity contribution is 5.80. The summed E-state index contributed by atoms with van der Waals surface area (Å²) in [7, 11) is 0. The molecule has 3 rings (SSSR count). The Balaban J connectivity index is 1.58. The summed E-state index contributed by atoms with van der Waals surface area (Å²) < 4.78 is 15.0. The van der Waals surface area contributed by atoms with Crippen molar-refractivity contribution in [3.63, 3.8) is 0 Å². The van der Waals surface area contributed by atoms with Crippen molar-refractivity contribution in [1.82, 2.24) is 35.7 Å². The average Bonchev–Trinajstić information content (AvgIpc) is 3.10. The molecule has 1 amide bonds. The third-order valence-electron chi connectivity index (χ3n) is 4.73. The van der Waals surface area contributed by atoms with Crippen molar-refractivity contribution in [3.05, 3.63) is 41.5 Å². The van der Waals surface area contributed by atoms with Gasteiger partial charge in [0.15, 0.2) is 0 Å². The highest BCUT2D eigenvalue weighted by Crippen LogP contribution is 2.16. The lowest BCUT2D eigenvalue weighted by Crippen LogP contribution is -2.44. The van der Waals surface area contributed by atoms with Crippen LogP contribution in [-0.4, -0.2) is 70.3 Å². The molecule has 0 radical (unpaired) electrons. The SMILES string of the molecule is Cc1nnnn1C(Cc1cccc(F)c1)C(=O)NCCCN1CCNCC1. The van der Waals surface area contributed by atoms with E-state index >= 15 is 0 Å². The normalized spacial score (nSPS) is 16.2. The first-order valence-electron chi connectivity index (χ1n) is 9.33. The Labute approximate surface area is 158 Å². The van der Waals surface area contributed by atoms with E-state index in [4.69, 9.17) is 0 Å². The molecule has 2 heterocycles. The molecule has 2 aromatic rings. The Morgan fingerprint density at radius 2 is 2.19 bits per heavy atom. The van der Waals surface area contributed by atoms with E-state index in [1.54, 1.807) is 19.1 Å². The Kier molecular flexibility index (Phi) is 6.83. The van der Waals surface area contributed by atoms with Crippen LogP contribution < -0.4 is 10.6 Å². The van der Waals surface area contributed by atoms with Crippen LogP contribution in [0.1, 0.15) is 23.9 Å². The second-order valence-corrected chi connectivity index (χ2v) is 6.76. The largest absolute Gasteiger partial charge is 0.354 e. The van der Waals surface area contributed by atoms with Gasteiger partial charge in [-0.2, -0.15) is 0 Å². The van der Waals surface area contributed by atoms with E-state index in [2.05, 4.69) is 31.1 Å². The minimum Gasteiger partial charge on any atom is -0.354 e. The number of rotatable bonds is 8. The van der Waals surface area contributed by atoms with Crippen LogP contribution in [0.3, 0.4) is 0 Å². The molecule has 1 unspecified atom stereocenters. The van der Waals surface area contributed by atoms with Crippen LogP contribution >= 0.6 is 0 Å². The Morgan fingerprint density at radius 1 is 1.37 bits per heavy atom. The van der Waals surface area contributed by atoms with Gasteiger partial charge < -0.3 is 15.5 Å². The van der Waals surface area contributed by atoms with Crippen LogP contribution in [0, 0.1) is 12.7 Å². The summed E-state index contributed by atoms with van der Waals surface area (Å²) in [5.74, 6) is 0.0680. The maximum Gasteiger partial charge on any atom is 0.245 e. The first kappa shape index (κ1) is 19.4. The standard InChI is InChI=1S/C18H26FN7O/c1-14-22-23-24-26(14)17(13-15-4-2-5-16(19)12-15)18(27)21-6-3-9-25-10-7-20-8-11-25/h2,4-5,12,17,20H,3,6-11,13H2,1H3,(H,21,27). The molecule has 1 saturated heterocycles. The molecule has 0 spiro atoms. The number of carbonyl (C=O) groups is 1. The summed E-state index contributed by atoms with van der Waals surface area (Å²) in [6.07, 6.45) is 1.21. The maximum absolute atomic E-state index is 13.5. The number of hydrogen-bond acceptors (Lipinski definition) is 6. The van der Waals surface area contributed by atoms with Gasteiger partial charge in [0.1, 0.15) is 17.7 Å². The van der Waals surface area contributed by atoms with Crippen LogP contribution in [0.2, 0.25) is 0 Å². The number of aromatic nitrogens is 4. The molecular formula is C18H26FN7O. The predicted molar refractivity (Wildman–Crippen MR) is 98.6 cm³/mol. The number of piperazine rings is 1. The summed E-state index contributed by atoms with van der Waals surface area (Å²) in [5.41, 5.74) is 0.728. The highest BCUT2D eigenvalue weighted by atomic mass is 19.1. The molecule has 1 atom stereocenters. The van der Waals surface area contributed by atoms with E-state index in [-0.39, 0.29) is 11.7 Å². The number of aryl methyl sites for hydroxylation is 1. The third-order valence-corrected chi connectivity index (χ3v) is 4.73. The van der Waals surface area contributed by atoms with Crippen LogP contribution in [-0.2, 0) is 11.2 Å². The van der Waals surface area contributed by atoms with Crippen molar-refractivity contribution < 1.29 is 9.18 Å². The number of carbonyl (C=O) groups excluding carboxylic acids is 1. The first-order chi connectivity index (χ1) is 13.1. The fourth-order valence-corrected chi connectivity index (χ4v) is 3.27. The minimum atomic E-state index is -0.610. The van der Waals surface area contributed by atoms with Gasteiger partial charge in [0.25, 0.3) is 0 Å². The van der Waals surface area contributed by atoms with Crippen molar-refractivity contribution in [1.29, 1.82) is 0 Å². The third kappa shape index (κ3) is 5.54. The molecule has 0 aliphatic carbocycles. The van der Waals surface area contributed by atoms with Crippen molar-refractivity contribution in [2.75, 3.05) is 39.3 Å². The van der Waals surface area contributed by atoms with Crippen molar-refractivity contribution in [3.8, 4) is 0 Å². The van der Waals surface area contributed by atoms with Crippen LogP contribution in [0.15, 0.2) is 24.3 Å². The van der Waals surface area contributed by atoms with Crippen LogP contribution in [0.5, 0.6) is 0 Å². The van der Waals surface area contributed by atoms with E-state index < -0.39 is 6.04 Å². The summed E-state index contributed by atoms with van der Waals surface area (Å²) >= 11 is 0. The zero-order chi connectivity index (χ0) is 19.1. The van der Waals surface area contributed by atoms with Gasteiger partial charge in [-0.05, 0) is 48.0 Å². The lowest BCUT2D eigenvalue weighted by Gasteiger charge is -2.27. The number of nitrogens with zero attached hydrogens (tertiary/aromatic N) is 5. The van der Waals surface area contributed by atoms with Gasteiger partial charge in [-0.1, -0.05) is 12.1 Å². The number of tetrazole rings is 1. The predicted octanol–water partition coefficient (Wildman–Crippen LogP) is 0.316. The van der Waals surface area contributed by atoms with E-state index in [1.807, 2.05) is 0 Å². The molecule has 9 heteroatoms. The molecule has 1 aliphatic rings. The minimum absolute atomic E-state index is 0.157. The fraction of sp³-hybridized carbons (Fsp3) is 0.556. The van der Waals surface area contributed by atoms with Gasteiger partial charge >= 0.3 is 0 Å². The van der Waals surface area contributed by atoms with Gasteiger partial charge in [0.2, 0.25) is 5.91 Å². The molecule has 1 fully saturated rings. The summed E-state index contributed by atoms with van der Waals surface area (Å²) in [6, 6.07) is 5.65. The van der Waals surface area contributed by atoms with Gasteiger partial charge in [-0.25, -0.2) is 9.07 Å². The fourth-order valence-electron chi connectivity index (χ4n) is 3.27. The number of benzene rings is 1. The van der Waals surface area contributed by atoms with E-state index in [0.717, 1.165) is 44.7 Å². The molecule has 0 saturated carbocycles. The molecule has 1 aromatic heterocycles. The molecule has 0 bridgehead atoms. The molecule has 2 N–H and O–H groups in total. The molecule has 146 valence electrons. The average molecular weight is 375 g/mol.